The molecule has 0 unspecified atom stereocenters. The van der Waals surface area contributed by atoms with Gasteiger partial charge in [0.15, 0.2) is 11.5 Å². The van der Waals surface area contributed by atoms with Crippen LogP contribution >= 0.6 is 0 Å². The van der Waals surface area contributed by atoms with Gasteiger partial charge in [-0.05, 0) is 31.4 Å². The maximum Gasteiger partial charge on any atom is 0.164 e. The van der Waals surface area contributed by atoms with Crippen LogP contribution in [0.1, 0.15) is 40.0 Å². The Morgan fingerprint density at radius 1 is 0.722 bits per heavy atom. The van der Waals surface area contributed by atoms with Crippen molar-refractivity contribution in [1.82, 2.24) is 0 Å². The summed E-state index contributed by atoms with van der Waals surface area (Å²) in [5.41, 5.74) is 0. The van der Waals surface area contributed by atoms with Gasteiger partial charge in [-0.15, -0.1) is 0 Å². The quantitative estimate of drug-likeness (QED) is 0.663. The van der Waals surface area contributed by atoms with Crippen LogP contribution < -0.4 is 14.2 Å². The molecule has 18 heavy (non-hydrogen) atoms. The molecule has 0 bridgehead atoms. The highest BCUT2D eigenvalue weighted by Gasteiger charge is 2.07. The van der Waals surface area contributed by atoms with Crippen molar-refractivity contribution < 1.29 is 14.2 Å². The summed E-state index contributed by atoms with van der Waals surface area (Å²) in [6.07, 6.45) is 2.97. The van der Waals surface area contributed by atoms with Crippen LogP contribution in [0.3, 0.4) is 0 Å². The van der Waals surface area contributed by atoms with E-state index in [1.54, 1.807) is 0 Å². The van der Waals surface area contributed by atoms with Crippen molar-refractivity contribution in [2.24, 2.45) is 0 Å². The van der Waals surface area contributed by atoms with Crippen LogP contribution in [0.25, 0.3) is 0 Å². The first-order chi connectivity index (χ1) is 8.81. The second-order valence-electron chi connectivity index (χ2n) is 4.15. The third kappa shape index (κ3) is 4.86. The molecule has 0 spiro atoms. The monoisotopic (exact) mass is 252 g/mol. The largest absolute Gasteiger partial charge is 0.493 e. The topological polar surface area (TPSA) is 27.7 Å². The number of hydrogen-bond donors (Lipinski definition) is 0. The smallest absolute Gasteiger partial charge is 0.164 e. The lowest BCUT2D eigenvalue weighted by Gasteiger charge is -2.13. The molecule has 0 N–H and O–H groups in total. The number of benzene rings is 1. The first-order valence-corrected chi connectivity index (χ1v) is 6.84. The minimum Gasteiger partial charge on any atom is -0.493 e. The van der Waals surface area contributed by atoms with Crippen molar-refractivity contribution in [1.29, 1.82) is 0 Å². The van der Waals surface area contributed by atoms with Crippen LogP contribution in [0.5, 0.6) is 17.2 Å². The van der Waals surface area contributed by atoms with E-state index in [0.29, 0.717) is 13.2 Å². The molecule has 0 radical (unpaired) electrons. The van der Waals surface area contributed by atoms with Crippen LogP contribution in [-0.2, 0) is 0 Å². The second kappa shape index (κ2) is 8.67. The van der Waals surface area contributed by atoms with Gasteiger partial charge in [0, 0.05) is 6.07 Å². The van der Waals surface area contributed by atoms with Gasteiger partial charge < -0.3 is 14.2 Å². The maximum atomic E-state index is 5.70. The third-order valence-electron chi connectivity index (χ3n) is 2.31. The van der Waals surface area contributed by atoms with E-state index >= 15 is 0 Å². The Hall–Kier alpha value is -1.38. The molecule has 3 heteroatoms. The molecule has 102 valence electrons. The SMILES string of the molecule is CCCOc1ccc(OCCC)c(OCCC)c1. The Bertz CT molecular complexity index is 337. The van der Waals surface area contributed by atoms with Gasteiger partial charge in [-0.25, -0.2) is 0 Å². The molecule has 0 heterocycles. The molecule has 0 aromatic heterocycles. The molecule has 0 aliphatic heterocycles. The number of ether oxygens (including phenoxy) is 3. The van der Waals surface area contributed by atoms with Crippen molar-refractivity contribution in [2.45, 2.75) is 40.0 Å². The summed E-state index contributed by atoms with van der Waals surface area (Å²) in [5.74, 6) is 2.42. The van der Waals surface area contributed by atoms with E-state index in [-0.39, 0.29) is 0 Å². The molecule has 1 rings (SSSR count). The van der Waals surface area contributed by atoms with E-state index in [1.165, 1.54) is 0 Å². The van der Waals surface area contributed by atoms with Crippen LogP contribution in [0.4, 0.5) is 0 Å². The first-order valence-electron chi connectivity index (χ1n) is 6.84. The summed E-state index contributed by atoms with van der Waals surface area (Å²) in [7, 11) is 0. The highest BCUT2D eigenvalue weighted by atomic mass is 16.5. The second-order valence-corrected chi connectivity index (χ2v) is 4.15. The number of rotatable bonds is 9. The van der Waals surface area contributed by atoms with Crippen LogP contribution in [0.15, 0.2) is 18.2 Å². The van der Waals surface area contributed by atoms with Gasteiger partial charge in [0.1, 0.15) is 5.75 Å². The average Bonchev–Trinajstić information content (AvgIpc) is 2.41. The average molecular weight is 252 g/mol. The molecular formula is C15H24O3. The molecule has 0 saturated heterocycles. The maximum absolute atomic E-state index is 5.70. The van der Waals surface area contributed by atoms with Crippen molar-refractivity contribution >= 4 is 0 Å². The first kappa shape index (κ1) is 14.7. The molecule has 0 aliphatic rings. The van der Waals surface area contributed by atoms with E-state index in [4.69, 9.17) is 14.2 Å². The van der Waals surface area contributed by atoms with Crippen LogP contribution in [0.2, 0.25) is 0 Å². The van der Waals surface area contributed by atoms with Gasteiger partial charge in [-0.2, -0.15) is 0 Å². The Labute approximate surface area is 110 Å². The zero-order valence-corrected chi connectivity index (χ0v) is 11.7. The summed E-state index contributed by atoms with van der Waals surface area (Å²) >= 11 is 0. The van der Waals surface area contributed by atoms with Gasteiger partial charge in [-0.1, -0.05) is 20.8 Å². The van der Waals surface area contributed by atoms with E-state index in [0.717, 1.165) is 43.1 Å². The Kier molecular flexibility index (Phi) is 7.07. The molecule has 0 atom stereocenters. The standard InChI is InChI=1S/C15H24O3/c1-4-9-16-13-7-8-14(17-10-5-2)15(12-13)18-11-6-3/h7-8,12H,4-6,9-11H2,1-3H3. The van der Waals surface area contributed by atoms with Crippen LogP contribution in [0, 0.1) is 0 Å². The molecule has 3 nitrogen and oxygen atoms in total. The van der Waals surface area contributed by atoms with Gasteiger partial charge in [0.05, 0.1) is 19.8 Å². The third-order valence-corrected chi connectivity index (χ3v) is 2.31. The van der Waals surface area contributed by atoms with Gasteiger partial charge in [-0.3, -0.25) is 0 Å². The normalized spacial score (nSPS) is 10.2. The van der Waals surface area contributed by atoms with E-state index in [9.17, 15) is 0 Å². The van der Waals surface area contributed by atoms with Crippen molar-refractivity contribution in [2.75, 3.05) is 19.8 Å². The zero-order chi connectivity index (χ0) is 13.2. The molecule has 0 amide bonds. The summed E-state index contributed by atoms with van der Waals surface area (Å²) in [6, 6.07) is 5.77. The van der Waals surface area contributed by atoms with Gasteiger partial charge in [0.25, 0.3) is 0 Å². The minimum atomic E-state index is 0.694. The fourth-order valence-electron chi connectivity index (χ4n) is 1.45. The highest BCUT2D eigenvalue weighted by molar-refractivity contribution is 5.45. The lowest BCUT2D eigenvalue weighted by atomic mass is 10.3. The molecule has 0 fully saturated rings. The van der Waals surface area contributed by atoms with Gasteiger partial charge >= 0.3 is 0 Å². The molecule has 1 aromatic carbocycles. The fraction of sp³-hybridized carbons (Fsp3) is 0.600. The molecular weight excluding hydrogens is 228 g/mol. The molecule has 0 saturated carbocycles. The Morgan fingerprint density at radius 2 is 1.28 bits per heavy atom. The van der Waals surface area contributed by atoms with E-state index in [1.807, 2.05) is 18.2 Å². The van der Waals surface area contributed by atoms with Crippen molar-refractivity contribution in [3.63, 3.8) is 0 Å². The van der Waals surface area contributed by atoms with Crippen LogP contribution in [-0.4, -0.2) is 19.8 Å². The van der Waals surface area contributed by atoms with Gasteiger partial charge in [0.2, 0.25) is 0 Å². The fourth-order valence-corrected chi connectivity index (χ4v) is 1.45. The van der Waals surface area contributed by atoms with Crippen molar-refractivity contribution in [3.8, 4) is 17.2 Å². The summed E-state index contributed by atoms with van der Waals surface area (Å²) < 4.78 is 17.0. The predicted octanol–water partition coefficient (Wildman–Crippen LogP) is 4.05. The Balaban J connectivity index is 2.74. The zero-order valence-electron chi connectivity index (χ0n) is 11.7. The predicted molar refractivity (Wildman–Crippen MR) is 73.8 cm³/mol. The summed E-state index contributed by atoms with van der Waals surface area (Å²) in [6.45, 7) is 8.39. The highest BCUT2D eigenvalue weighted by Crippen LogP contribution is 2.32. The summed E-state index contributed by atoms with van der Waals surface area (Å²) in [4.78, 5) is 0. The van der Waals surface area contributed by atoms with E-state index in [2.05, 4.69) is 20.8 Å². The molecule has 1 aromatic rings. The lowest BCUT2D eigenvalue weighted by molar-refractivity contribution is 0.264. The minimum absolute atomic E-state index is 0.694. The number of hydrogen-bond acceptors (Lipinski definition) is 3. The lowest BCUT2D eigenvalue weighted by Crippen LogP contribution is -2.02. The Morgan fingerprint density at radius 3 is 1.89 bits per heavy atom. The van der Waals surface area contributed by atoms with E-state index < -0.39 is 0 Å². The van der Waals surface area contributed by atoms with Crippen molar-refractivity contribution in [3.05, 3.63) is 18.2 Å². The molecule has 0 aliphatic carbocycles. The summed E-state index contributed by atoms with van der Waals surface area (Å²) in [5, 5.41) is 0.